The van der Waals surface area contributed by atoms with Crippen molar-refractivity contribution in [3.63, 3.8) is 0 Å². The summed E-state index contributed by atoms with van der Waals surface area (Å²) in [5.41, 5.74) is 20.7. The predicted octanol–water partition coefficient (Wildman–Crippen LogP) is 10.7. The van der Waals surface area contributed by atoms with Crippen molar-refractivity contribution in [2.24, 2.45) is 5.73 Å². The zero-order valence-electron chi connectivity index (χ0n) is 28.3. The number of para-hydroxylation sites is 2. The maximum atomic E-state index is 6.27. The van der Waals surface area contributed by atoms with Crippen molar-refractivity contribution in [1.82, 2.24) is 9.47 Å². The molecule has 50 heavy (non-hydrogen) atoms. The van der Waals surface area contributed by atoms with Gasteiger partial charge in [-0.25, -0.2) is 0 Å². The number of aromatic nitrogens is 1. The van der Waals surface area contributed by atoms with Crippen LogP contribution in [0.5, 0.6) is 0 Å². The van der Waals surface area contributed by atoms with Crippen molar-refractivity contribution in [3.05, 3.63) is 197 Å². The van der Waals surface area contributed by atoms with E-state index in [1.165, 1.54) is 60.8 Å². The molecule has 3 heterocycles. The number of rotatable bonds is 4. The second-order valence-corrected chi connectivity index (χ2v) is 13.3. The summed E-state index contributed by atoms with van der Waals surface area (Å²) in [5.74, 6) is 0. The minimum Gasteiger partial charge on any atom is -0.405 e. The van der Waals surface area contributed by atoms with Crippen LogP contribution in [0.15, 0.2) is 164 Å². The van der Waals surface area contributed by atoms with Crippen LogP contribution in [0.3, 0.4) is 0 Å². The number of benzene rings is 6. The van der Waals surface area contributed by atoms with E-state index in [0.717, 1.165) is 29.2 Å². The first-order chi connectivity index (χ1) is 24.6. The zero-order valence-corrected chi connectivity index (χ0v) is 28.3. The van der Waals surface area contributed by atoms with E-state index in [4.69, 9.17) is 5.73 Å². The van der Waals surface area contributed by atoms with E-state index in [0.29, 0.717) is 0 Å². The molecule has 1 aromatic heterocycles. The van der Waals surface area contributed by atoms with Crippen LogP contribution in [0, 0.1) is 0 Å². The Balaban J connectivity index is 1.30. The summed E-state index contributed by atoms with van der Waals surface area (Å²) in [7, 11) is 2.17. The Morgan fingerprint density at radius 1 is 0.720 bits per heavy atom. The van der Waals surface area contributed by atoms with E-state index in [-0.39, 0.29) is 6.04 Å². The molecule has 4 heteroatoms. The molecule has 0 spiro atoms. The van der Waals surface area contributed by atoms with Crippen molar-refractivity contribution in [3.8, 4) is 5.69 Å². The van der Waals surface area contributed by atoms with Crippen LogP contribution >= 0.6 is 0 Å². The molecule has 0 aliphatic carbocycles. The summed E-state index contributed by atoms with van der Waals surface area (Å²) >= 11 is 0. The summed E-state index contributed by atoms with van der Waals surface area (Å²) in [5, 5.41) is 3.66. The molecule has 0 amide bonds. The Labute approximate surface area is 293 Å². The molecule has 6 aromatic carbocycles. The fraction of sp³-hybridized carbons (Fsp3) is 0.0870. The van der Waals surface area contributed by atoms with Gasteiger partial charge in [-0.05, 0) is 100 Å². The molecule has 1 atom stereocenters. The van der Waals surface area contributed by atoms with Crippen LogP contribution in [0.1, 0.15) is 46.5 Å². The van der Waals surface area contributed by atoms with Crippen molar-refractivity contribution in [2.45, 2.75) is 19.4 Å². The quantitative estimate of drug-likeness (QED) is 0.207. The minimum atomic E-state index is 0.124. The van der Waals surface area contributed by atoms with E-state index < -0.39 is 0 Å². The lowest BCUT2D eigenvalue weighted by Gasteiger charge is -2.33. The molecule has 4 nitrogen and oxygen atoms in total. The lowest BCUT2D eigenvalue weighted by molar-refractivity contribution is 0.381. The van der Waals surface area contributed by atoms with Crippen molar-refractivity contribution < 1.29 is 0 Å². The Bertz CT molecular complexity index is 2530. The van der Waals surface area contributed by atoms with Gasteiger partial charge in [0.15, 0.2) is 0 Å². The van der Waals surface area contributed by atoms with Crippen molar-refractivity contribution in [2.75, 3.05) is 11.9 Å². The summed E-state index contributed by atoms with van der Waals surface area (Å²) in [6, 6.07) is 50.9. The number of hydrogen-bond acceptors (Lipinski definition) is 3. The minimum absolute atomic E-state index is 0.124. The molecule has 0 fully saturated rings. The molecule has 2 N–H and O–H groups in total. The third-order valence-corrected chi connectivity index (χ3v) is 10.4. The first-order valence-electron chi connectivity index (χ1n) is 17.3. The van der Waals surface area contributed by atoms with Gasteiger partial charge in [-0.1, -0.05) is 103 Å². The predicted molar refractivity (Wildman–Crippen MR) is 210 cm³/mol. The number of anilines is 2. The maximum Gasteiger partial charge on any atom is 0.0793 e. The standard InChI is InChI=1S/C46H38N4/c1-31-41(24-26-47)49(38-23-22-32-12-3-4-14-34(32)28-38)42-20-9-6-15-35(42)30-44-45(31)40-19-8-10-21-43(40)50(44)37-17-11-16-36(29-37)46-39-18-7-5-13-33(39)25-27-48(46)2/h3-29,46H,30,47H2,1-2H3/b26-24-,41-31-. The normalized spacial score (nSPS) is 17.1. The van der Waals surface area contributed by atoms with Gasteiger partial charge in [0.25, 0.3) is 0 Å². The molecule has 9 rings (SSSR count). The molecule has 0 saturated carbocycles. The molecular formula is C46H38N4. The molecule has 0 bridgehead atoms. The summed E-state index contributed by atoms with van der Waals surface area (Å²) in [6.07, 6.45) is 8.90. The van der Waals surface area contributed by atoms with E-state index in [9.17, 15) is 0 Å². The number of allylic oxidation sites excluding steroid dienone is 2. The van der Waals surface area contributed by atoms with Crippen molar-refractivity contribution in [1.29, 1.82) is 0 Å². The smallest absolute Gasteiger partial charge is 0.0793 e. The van der Waals surface area contributed by atoms with Crippen LogP contribution in [-0.2, 0) is 6.42 Å². The fourth-order valence-corrected chi connectivity index (χ4v) is 8.21. The lowest BCUT2D eigenvalue weighted by atomic mass is 9.91. The van der Waals surface area contributed by atoms with Gasteiger partial charge in [-0.2, -0.15) is 0 Å². The van der Waals surface area contributed by atoms with Crippen LogP contribution in [0.4, 0.5) is 11.4 Å². The summed E-state index contributed by atoms with van der Waals surface area (Å²) < 4.78 is 2.49. The zero-order chi connectivity index (χ0) is 33.8. The Kier molecular flexibility index (Phi) is 7.17. The average molecular weight is 647 g/mol. The Hall–Kier alpha value is -6.26. The Morgan fingerprint density at radius 3 is 2.40 bits per heavy atom. The SMILES string of the molecule is C/C1=C(\C=C/N)N(c2ccc3ccccc3c2)c2ccccc2Cc2c1c1ccccc1n2-c1cccc(C2c3ccccc3C=CN2C)c1. The number of fused-ring (bicyclic) bond motifs is 6. The molecule has 1 unspecified atom stereocenters. The Morgan fingerprint density at radius 2 is 1.50 bits per heavy atom. The summed E-state index contributed by atoms with van der Waals surface area (Å²) in [4.78, 5) is 4.70. The first-order valence-corrected chi connectivity index (χ1v) is 17.3. The molecular weight excluding hydrogens is 609 g/mol. The third-order valence-electron chi connectivity index (χ3n) is 10.4. The van der Waals surface area contributed by atoms with Crippen LogP contribution < -0.4 is 10.6 Å². The molecule has 0 saturated heterocycles. The van der Waals surface area contributed by atoms with Gasteiger partial charge in [0.2, 0.25) is 0 Å². The monoisotopic (exact) mass is 646 g/mol. The summed E-state index contributed by atoms with van der Waals surface area (Å²) in [6.45, 7) is 2.25. The average Bonchev–Trinajstić information content (AvgIpc) is 3.47. The number of nitrogens with two attached hydrogens (primary N) is 1. The topological polar surface area (TPSA) is 37.4 Å². The molecule has 242 valence electrons. The highest BCUT2D eigenvalue weighted by Crippen LogP contribution is 2.45. The van der Waals surface area contributed by atoms with E-state index >= 15 is 0 Å². The molecule has 2 aliphatic heterocycles. The maximum absolute atomic E-state index is 6.27. The molecule has 0 radical (unpaired) electrons. The number of nitrogens with zero attached hydrogens (tertiary/aromatic N) is 3. The molecule has 7 aromatic rings. The molecule has 2 aliphatic rings. The van der Waals surface area contributed by atoms with Crippen LogP contribution in [0.2, 0.25) is 0 Å². The second-order valence-electron chi connectivity index (χ2n) is 13.3. The lowest BCUT2D eigenvalue weighted by Crippen LogP contribution is -2.23. The van der Waals surface area contributed by atoms with Gasteiger partial charge in [0.05, 0.1) is 17.3 Å². The van der Waals surface area contributed by atoms with E-state index in [1.54, 1.807) is 6.20 Å². The highest BCUT2D eigenvalue weighted by atomic mass is 15.2. The van der Waals surface area contributed by atoms with Crippen molar-refractivity contribution >= 4 is 44.7 Å². The highest BCUT2D eigenvalue weighted by Gasteiger charge is 2.29. The third kappa shape index (κ3) is 4.75. The first kappa shape index (κ1) is 29.8. The second kappa shape index (κ2) is 12.0. The highest BCUT2D eigenvalue weighted by molar-refractivity contribution is 5.99. The fourth-order valence-electron chi connectivity index (χ4n) is 8.21. The van der Waals surface area contributed by atoms with Gasteiger partial charge >= 0.3 is 0 Å². The number of hydrogen-bond donors (Lipinski definition) is 1. The van der Waals surface area contributed by atoms with Crippen LogP contribution in [-0.4, -0.2) is 16.5 Å². The van der Waals surface area contributed by atoms with Gasteiger partial charge < -0.3 is 20.1 Å². The van der Waals surface area contributed by atoms with Gasteiger partial charge in [-0.15, -0.1) is 0 Å². The van der Waals surface area contributed by atoms with Crippen LogP contribution in [0.25, 0.3) is 39.0 Å². The van der Waals surface area contributed by atoms with Gasteiger partial charge in [0.1, 0.15) is 0 Å². The largest absolute Gasteiger partial charge is 0.405 e. The van der Waals surface area contributed by atoms with E-state index in [2.05, 4.69) is 186 Å². The van der Waals surface area contributed by atoms with Gasteiger partial charge in [-0.3, -0.25) is 0 Å². The van der Waals surface area contributed by atoms with E-state index in [1.807, 2.05) is 0 Å². The van der Waals surface area contributed by atoms with Gasteiger partial charge in [0, 0.05) is 53.4 Å².